The standard InChI is InChI=1S/C15H19N2O12P/c18-12(19)7-6-10(14(21)22)17-30(25,26)29-28-27-8-11(15(23)24)16-13(20)9-4-2-1-3-5-9/h1-5,10-11H,6-8H2,(H,16,20)(H,18,19)(H,21,22)(H,23,24)(H2,17,25,26)/t10-,11-/m0/s1. The number of nitrogens with one attached hydrogen (secondary N) is 2. The zero-order valence-corrected chi connectivity index (χ0v) is 16.1. The van der Waals surface area contributed by atoms with Crippen molar-refractivity contribution in [2.75, 3.05) is 6.61 Å². The second-order valence-corrected chi connectivity index (χ2v) is 7.08. The van der Waals surface area contributed by atoms with Crippen molar-refractivity contribution < 1.29 is 58.6 Å². The molecular formula is C15H19N2O12P. The van der Waals surface area contributed by atoms with Gasteiger partial charge in [-0.2, -0.15) is 0 Å². The molecule has 1 unspecified atom stereocenters. The Balaban J connectivity index is 2.51. The van der Waals surface area contributed by atoms with Crippen LogP contribution in [0.2, 0.25) is 0 Å². The molecule has 0 aliphatic rings. The van der Waals surface area contributed by atoms with Gasteiger partial charge in [-0.3, -0.25) is 14.4 Å². The lowest BCUT2D eigenvalue weighted by molar-refractivity contribution is -0.470. The molecule has 0 aliphatic heterocycles. The summed E-state index contributed by atoms with van der Waals surface area (Å²) in [5.41, 5.74) is 0.172. The highest BCUT2D eigenvalue weighted by Gasteiger charge is 2.31. The molecule has 3 atom stereocenters. The Kier molecular flexibility index (Phi) is 10.0. The first kappa shape index (κ1) is 25.2. The maximum atomic E-state index is 12.0. The molecule has 0 saturated heterocycles. The van der Waals surface area contributed by atoms with Crippen LogP contribution in [0.4, 0.5) is 0 Å². The third kappa shape index (κ3) is 9.56. The van der Waals surface area contributed by atoms with E-state index in [-0.39, 0.29) is 5.56 Å². The fourth-order valence-electron chi connectivity index (χ4n) is 1.89. The van der Waals surface area contributed by atoms with Gasteiger partial charge < -0.3 is 25.5 Å². The van der Waals surface area contributed by atoms with Gasteiger partial charge in [-0.05, 0) is 18.6 Å². The number of hydrogen-bond donors (Lipinski definition) is 6. The van der Waals surface area contributed by atoms with E-state index >= 15 is 0 Å². The fraction of sp³-hybridized carbons (Fsp3) is 0.333. The minimum atomic E-state index is -4.93. The van der Waals surface area contributed by atoms with Crippen molar-refractivity contribution in [2.45, 2.75) is 24.9 Å². The van der Waals surface area contributed by atoms with E-state index in [4.69, 9.17) is 15.3 Å². The van der Waals surface area contributed by atoms with Gasteiger partial charge in [0.2, 0.25) is 0 Å². The largest absolute Gasteiger partial charge is 0.481 e. The predicted octanol–water partition coefficient (Wildman–Crippen LogP) is -0.243. The molecule has 14 nitrogen and oxygen atoms in total. The number of benzene rings is 1. The molecular weight excluding hydrogens is 431 g/mol. The van der Waals surface area contributed by atoms with Crippen LogP contribution in [0.5, 0.6) is 0 Å². The maximum absolute atomic E-state index is 12.0. The van der Waals surface area contributed by atoms with Gasteiger partial charge in [0.25, 0.3) is 5.91 Å². The minimum Gasteiger partial charge on any atom is -0.481 e. The summed E-state index contributed by atoms with van der Waals surface area (Å²) < 4.78 is 15.7. The Morgan fingerprint density at radius 2 is 1.60 bits per heavy atom. The first-order valence-electron chi connectivity index (χ1n) is 8.13. The Morgan fingerprint density at radius 1 is 1.00 bits per heavy atom. The smallest absolute Gasteiger partial charge is 0.433 e. The molecule has 0 bridgehead atoms. The molecule has 0 aromatic heterocycles. The summed E-state index contributed by atoms with van der Waals surface area (Å²) in [6.45, 7) is -0.838. The van der Waals surface area contributed by atoms with Gasteiger partial charge in [0.1, 0.15) is 12.6 Å². The summed E-state index contributed by atoms with van der Waals surface area (Å²) in [6, 6.07) is 4.27. The van der Waals surface area contributed by atoms with E-state index in [1.807, 2.05) is 0 Å². The van der Waals surface area contributed by atoms with Gasteiger partial charge in [-0.1, -0.05) is 23.2 Å². The van der Waals surface area contributed by atoms with Crippen LogP contribution in [0.25, 0.3) is 0 Å². The normalized spacial score (nSPS) is 14.8. The number of amides is 1. The van der Waals surface area contributed by atoms with E-state index < -0.39 is 63.1 Å². The lowest BCUT2D eigenvalue weighted by Gasteiger charge is -2.17. The molecule has 1 rings (SSSR count). The van der Waals surface area contributed by atoms with Crippen LogP contribution in [0.15, 0.2) is 30.3 Å². The van der Waals surface area contributed by atoms with E-state index in [9.17, 15) is 28.6 Å². The second kappa shape index (κ2) is 12.0. The first-order chi connectivity index (χ1) is 14.0. The number of rotatable bonds is 14. The lowest BCUT2D eigenvalue weighted by Crippen LogP contribution is -2.44. The van der Waals surface area contributed by atoms with Gasteiger partial charge in [0.05, 0.1) is 0 Å². The van der Waals surface area contributed by atoms with E-state index in [0.717, 1.165) is 0 Å². The van der Waals surface area contributed by atoms with Crippen molar-refractivity contribution in [2.24, 2.45) is 0 Å². The molecule has 1 amide bonds. The number of carboxylic acids is 3. The Hall–Kier alpha value is -2.87. The third-order valence-corrected chi connectivity index (χ3v) is 4.22. The van der Waals surface area contributed by atoms with Crippen LogP contribution in [-0.2, 0) is 33.5 Å². The van der Waals surface area contributed by atoms with Gasteiger partial charge in [0, 0.05) is 12.0 Å². The van der Waals surface area contributed by atoms with Crippen molar-refractivity contribution in [3.63, 3.8) is 0 Å². The molecule has 0 radical (unpaired) electrons. The summed E-state index contributed by atoms with van der Waals surface area (Å²) in [5.74, 6) is -5.18. The van der Waals surface area contributed by atoms with Gasteiger partial charge in [-0.25, -0.2) is 19.3 Å². The molecule has 0 heterocycles. The quantitative estimate of drug-likeness (QED) is 0.0934. The van der Waals surface area contributed by atoms with Crippen LogP contribution in [0, 0.1) is 0 Å². The summed E-state index contributed by atoms with van der Waals surface area (Å²) >= 11 is 0. The number of carbonyl (C=O) groups excluding carboxylic acids is 1. The van der Waals surface area contributed by atoms with Crippen LogP contribution in [-0.4, -0.2) is 62.7 Å². The van der Waals surface area contributed by atoms with Crippen LogP contribution in [0.1, 0.15) is 23.2 Å². The SMILES string of the molecule is O=C(O)CC[C@H](NP(=O)(O)OOOC[C@H](NC(=O)c1ccccc1)C(=O)O)C(=O)O. The average molecular weight is 450 g/mol. The molecule has 30 heavy (non-hydrogen) atoms. The van der Waals surface area contributed by atoms with Crippen LogP contribution in [0.3, 0.4) is 0 Å². The summed E-state index contributed by atoms with van der Waals surface area (Å²) in [6.07, 6.45) is -1.14. The van der Waals surface area contributed by atoms with E-state index in [1.54, 1.807) is 23.3 Å². The highest BCUT2D eigenvalue weighted by Crippen LogP contribution is 2.38. The van der Waals surface area contributed by atoms with Crippen molar-refractivity contribution in [1.29, 1.82) is 0 Å². The molecule has 1 aromatic carbocycles. The second-order valence-electron chi connectivity index (χ2n) is 5.63. The molecule has 166 valence electrons. The minimum absolute atomic E-state index is 0.172. The highest BCUT2D eigenvalue weighted by molar-refractivity contribution is 7.50. The topological polar surface area (TPSA) is 218 Å². The molecule has 0 aliphatic carbocycles. The summed E-state index contributed by atoms with van der Waals surface area (Å²) in [7, 11) is -4.93. The summed E-state index contributed by atoms with van der Waals surface area (Å²) in [4.78, 5) is 58.4. The third-order valence-electron chi connectivity index (χ3n) is 3.32. The fourth-order valence-corrected chi connectivity index (χ4v) is 2.70. The number of carboxylic acid groups (broad SMARTS) is 3. The molecule has 0 saturated carbocycles. The van der Waals surface area contributed by atoms with Crippen molar-refractivity contribution >= 4 is 31.6 Å². The Bertz CT molecular complexity index is 802. The van der Waals surface area contributed by atoms with Crippen LogP contribution < -0.4 is 10.4 Å². The predicted molar refractivity (Wildman–Crippen MR) is 94.7 cm³/mol. The van der Waals surface area contributed by atoms with Gasteiger partial charge in [0.15, 0.2) is 6.04 Å². The molecule has 1 aromatic rings. The first-order valence-corrected chi connectivity index (χ1v) is 9.71. The average Bonchev–Trinajstić information content (AvgIpc) is 2.67. The van der Waals surface area contributed by atoms with E-state index in [2.05, 4.69) is 19.9 Å². The Morgan fingerprint density at radius 3 is 2.13 bits per heavy atom. The van der Waals surface area contributed by atoms with Gasteiger partial charge >= 0.3 is 25.7 Å². The molecule has 0 fully saturated rings. The van der Waals surface area contributed by atoms with Crippen molar-refractivity contribution in [3.05, 3.63) is 35.9 Å². The van der Waals surface area contributed by atoms with Crippen LogP contribution >= 0.6 is 7.75 Å². The molecule has 15 heteroatoms. The number of carbonyl (C=O) groups is 4. The zero-order valence-electron chi connectivity index (χ0n) is 15.2. The molecule has 0 spiro atoms. The van der Waals surface area contributed by atoms with E-state index in [1.165, 1.54) is 12.1 Å². The molecule has 6 N–H and O–H groups in total. The zero-order chi connectivity index (χ0) is 22.7. The Labute approximate surface area is 168 Å². The van der Waals surface area contributed by atoms with Crippen molar-refractivity contribution in [1.82, 2.24) is 10.4 Å². The van der Waals surface area contributed by atoms with E-state index in [0.29, 0.717) is 0 Å². The maximum Gasteiger partial charge on any atom is 0.433 e. The highest BCUT2D eigenvalue weighted by atomic mass is 31.2. The summed E-state index contributed by atoms with van der Waals surface area (Å²) in [5, 5.41) is 34.3. The number of aliphatic carboxylic acids is 3. The lowest BCUT2D eigenvalue weighted by atomic mass is 10.2. The number of hydrogen-bond acceptors (Lipinski definition) is 8. The van der Waals surface area contributed by atoms with Gasteiger partial charge in [-0.15, -0.1) is 4.67 Å². The monoisotopic (exact) mass is 450 g/mol. The van der Waals surface area contributed by atoms with Crippen molar-refractivity contribution in [3.8, 4) is 0 Å².